The van der Waals surface area contributed by atoms with Crippen LogP contribution in [0.15, 0.2) is 21.6 Å². The summed E-state index contributed by atoms with van der Waals surface area (Å²) in [4.78, 5) is 0. The van der Waals surface area contributed by atoms with E-state index in [-0.39, 0.29) is 22.9 Å². The van der Waals surface area contributed by atoms with Crippen molar-refractivity contribution in [3.63, 3.8) is 0 Å². The van der Waals surface area contributed by atoms with Gasteiger partial charge in [0.1, 0.15) is 5.76 Å². The predicted octanol–water partition coefficient (Wildman–Crippen LogP) is 3.07. The second-order valence-corrected chi connectivity index (χ2v) is 7.01. The molecule has 0 spiro atoms. The van der Waals surface area contributed by atoms with Crippen LogP contribution in [0.1, 0.15) is 33.5 Å². The third-order valence-electron chi connectivity index (χ3n) is 2.45. The van der Waals surface area contributed by atoms with Gasteiger partial charge in [0.2, 0.25) is 5.09 Å². The van der Waals surface area contributed by atoms with Gasteiger partial charge in [-0.05, 0) is 31.9 Å². The molecule has 0 saturated carbocycles. The standard InChI is InChI=1S/C12H20ClNO3S/c1-9(2)8-14(10(3)4)18(15,16)12-6-5-11(7-13)17-12/h5-6,9-10H,7-8H2,1-4H3. The zero-order valence-electron chi connectivity index (χ0n) is 11.2. The molecule has 1 heterocycles. The summed E-state index contributed by atoms with van der Waals surface area (Å²) in [5, 5.41) is -0.0347. The highest BCUT2D eigenvalue weighted by molar-refractivity contribution is 7.89. The van der Waals surface area contributed by atoms with Gasteiger partial charge in [0, 0.05) is 12.6 Å². The lowest BCUT2D eigenvalue weighted by Crippen LogP contribution is -2.39. The van der Waals surface area contributed by atoms with E-state index in [4.69, 9.17) is 16.0 Å². The van der Waals surface area contributed by atoms with Gasteiger partial charge in [0.05, 0.1) is 5.88 Å². The van der Waals surface area contributed by atoms with E-state index in [1.54, 1.807) is 6.07 Å². The van der Waals surface area contributed by atoms with Gasteiger partial charge >= 0.3 is 0 Å². The monoisotopic (exact) mass is 293 g/mol. The summed E-state index contributed by atoms with van der Waals surface area (Å²) in [7, 11) is -3.58. The van der Waals surface area contributed by atoms with Crippen LogP contribution in [-0.4, -0.2) is 25.3 Å². The summed E-state index contributed by atoms with van der Waals surface area (Å²) in [6.07, 6.45) is 0. The van der Waals surface area contributed by atoms with Crippen molar-refractivity contribution < 1.29 is 12.8 Å². The molecule has 0 atom stereocenters. The summed E-state index contributed by atoms with van der Waals surface area (Å²) in [5.74, 6) is 0.884. The lowest BCUT2D eigenvalue weighted by molar-refractivity contribution is 0.305. The lowest BCUT2D eigenvalue weighted by atomic mass is 10.2. The second kappa shape index (κ2) is 6.08. The molecular formula is C12H20ClNO3S. The molecule has 104 valence electrons. The zero-order chi connectivity index (χ0) is 13.9. The molecule has 0 aliphatic carbocycles. The molecule has 6 heteroatoms. The fourth-order valence-electron chi connectivity index (χ4n) is 1.63. The number of sulfonamides is 1. The Balaban J connectivity index is 3.08. The minimum Gasteiger partial charge on any atom is -0.447 e. The molecule has 1 rings (SSSR count). The summed E-state index contributed by atoms with van der Waals surface area (Å²) >= 11 is 5.61. The number of furan rings is 1. The largest absolute Gasteiger partial charge is 0.447 e. The van der Waals surface area contributed by atoms with Crippen molar-refractivity contribution in [3.8, 4) is 0 Å². The number of nitrogens with zero attached hydrogens (tertiary/aromatic N) is 1. The molecule has 0 bridgehead atoms. The van der Waals surface area contributed by atoms with Gasteiger partial charge in [-0.25, -0.2) is 8.42 Å². The number of rotatable bonds is 6. The fraction of sp³-hybridized carbons (Fsp3) is 0.667. The van der Waals surface area contributed by atoms with E-state index in [1.165, 1.54) is 10.4 Å². The van der Waals surface area contributed by atoms with Crippen LogP contribution in [-0.2, 0) is 15.9 Å². The fourth-order valence-corrected chi connectivity index (χ4v) is 3.51. The van der Waals surface area contributed by atoms with Gasteiger partial charge in [-0.3, -0.25) is 0 Å². The molecule has 0 aliphatic heterocycles. The molecule has 0 amide bonds. The van der Waals surface area contributed by atoms with Crippen LogP contribution in [0.3, 0.4) is 0 Å². The van der Waals surface area contributed by atoms with Gasteiger partial charge in [0.15, 0.2) is 0 Å². The van der Waals surface area contributed by atoms with Crippen molar-refractivity contribution in [2.75, 3.05) is 6.54 Å². The molecule has 0 aromatic carbocycles. The van der Waals surface area contributed by atoms with Crippen molar-refractivity contribution in [2.24, 2.45) is 5.92 Å². The Morgan fingerprint density at radius 3 is 2.28 bits per heavy atom. The molecule has 0 fully saturated rings. The third kappa shape index (κ3) is 3.49. The van der Waals surface area contributed by atoms with Gasteiger partial charge < -0.3 is 4.42 Å². The van der Waals surface area contributed by atoms with Crippen molar-refractivity contribution in [3.05, 3.63) is 17.9 Å². The first-order chi connectivity index (χ1) is 8.28. The average Bonchev–Trinajstić information content (AvgIpc) is 2.74. The summed E-state index contributed by atoms with van der Waals surface area (Å²) in [5.41, 5.74) is 0. The Bertz CT molecular complexity index is 479. The summed E-state index contributed by atoms with van der Waals surface area (Å²) in [6.45, 7) is 8.14. The third-order valence-corrected chi connectivity index (χ3v) is 4.63. The second-order valence-electron chi connectivity index (χ2n) is 4.92. The molecule has 1 aromatic heterocycles. The number of hydrogen-bond acceptors (Lipinski definition) is 3. The van der Waals surface area contributed by atoms with Gasteiger partial charge in [-0.15, -0.1) is 11.6 Å². The maximum atomic E-state index is 12.4. The Kier molecular flexibility index (Phi) is 5.25. The van der Waals surface area contributed by atoms with E-state index in [9.17, 15) is 8.42 Å². The Hall–Kier alpha value is -0.520. The van der Waals surface area contributed by atoms with E-state index in [0.29, 0.717) is 12.3 Å². The first-order valence-corrected chi connectivity index (χ1v) is 7.93. The smallest absolute Gasteiger partial charge is 0.276 e. The average molecular weight is 294 g/mol. The minimum absolute atomic E-state index is 0.0347. The maximum Gasteiger partial charge on any atom is 0.276 e. The molecule has 1 aromatic rings. The molecule has 4 nitrogen and oxygen atoms in total. The van der Waals surface area contributed by atoms with E-state index < -0.39 is 10.0 Å². The van der Waals surface area contributed by atoms with Crippen LogP contribution >= 0.6 is 11.6 Å². The Morgan fingerprint density at radius 2 is 1.89 bits per heavy atom. The lowest BCUT2D eigenvalue weighted by Gasteiger charge is -2.26. The van der Waals surface area contributed by atoms with Gasteiger partial charge in [0.25, 0.3) is 10.0 Å². The van der Waals surface area contributed by atoms with Crippen molar-refractivity contribution >= 4 is 21.6 Å². The minimum atomic E-state index is -3.58. The highest BCUT2D eigenvalue weighted by Gasteiger charge is 2.30. The van der Waals surface area contributed by atoms with Crippen molar-refractivity contribution in [1.29, 1.82) is 0 Å². The molecule has 0 aliphatic rings. The number of halogens is 1. The van der Waals surface area contributed by atoms with Gasteiger partial charge in [-0.1, -0.05) is 13.8 Å². The molecule has 0 N–H and O–H groups in total. The van der Waals surface area contributed by atoms with Crippen LogP contribution in [0.5, 0.6) is 0 Å². The zero-order valence-corrected chi connectivity index (χ0v) is 12.8. The molecule has 0 unspecified atom stereocenters. The molecule has 18 heavy (non-hydrogen) atoms. The number of hydrogen-bond donors (Lipinski definition) is 0. The maximum absolute atomic E-state index is 12.4. The van der Waals surface area contributed by atoms with E-state index in [0.717, 1.165) is 0 Å². The van der Waals surface area contributed by atoms with E-state index >= 15 is 0 Å². The van der Waals surface area contributed by atoms with Crippen LogP contribution in [0.2, 0.25) is 0 Å². The Morgan fingerprint density at radius 1 is 1.28 bits per heavy atom. The van der Waals surface area contributed by atoms with Crippen molar-refractivity contribution in [2.45, 2.75) is 44.7 Å². The predicted molar refractivity (Wildman–Crippen MR) is 72.1 cm³/mol. The SMILES string of the molecule is CC(C)CN(C(C)C)S(=O)(=O)c1ccc(CCl)o1. The normalized spacial score (nSPS) is 12.9. The number of alkyl halides is 1. The van der Waals surface area contributed by atoms with E-state index in [1.807, 2.05) is 27.7 Å². The van der Waals surface area contributed by atoms with Crippen LogP contribution in [0.4, 0.5) is 0 Å². The highest BCUT2D eigenvalue weighted by Crippen LogP contribution is 2.22. The summed E-state index contributed by atoms with van der Waals surface area (Å²) < 4.78 is 31.6. The van der Waals surface area contributed by atoms with Crippen LogP contribution in [0.25, 0.3) is 0 Å². The summed E-state index contributed by atoms with van der Waals surface area (Å²) in [6, 6.07) is 2.94. The topological polar surface area (TPSA) is 50.5 Å². The van der Waals surface area contributed by atoms with Crippen molar-refractivity contribution in [1.82, 2.24) is 4.31 Å². The quantitative estimate of drug-likeness (QED) is 0.757. The first kappa shape index (κ1) is 15.5. The highest BCUT2D eigenvalue weighted by atomic mass is 35.5. The Labute approximate surface area is 114 Å². The first-order valence-electron chi connectivity index (χ1n) is 5.95. The molecule has 0 radical (unpaired) electrons. The molecule has 0 saturated heterocycles. The molecular weight excluding hydrogens is 274 g/mol. The van der Waals surface area contributed by atoms with Crippen LogP contribution in [0, 0.1) is 5.92 Å². The van der Waals surface area contributed by atoms with Gasteiger partial charge in [-0.2, -0.15) is 4.31 Å². The van der Waals surface area contributed by atoms with E-state index in [2.05, 4.69) is 0 Å². The van der Waals surface area contributed by atoms with Crippen LogP contribution < -0.4 is 0 Å².